The second kappa shape index (κ2) is 11.4. The second-order valence-corrected chi connectivity index (χ2v) is 10.6. The zero-order chi connectivity index (χ0) is 25.8. The molecule has 1 aromatic carbocycles. The summed E-state index contributed by atoms with van der Waals surface area (Å²) in [6.45, 7) is 9.39. The number of methoxy groups -OCH3 is 1. The third kappa shape index (κ3) is 5.68. The van der Waals surface area contributed by atoms with Crippen molar-refractivity contribution in [2.75, 3.05) is 35.8 Å². The number of benzene rings is 1. The van der Waals surface area contributed by atoms with Gasteiger partial charge in [0.2, 0.25) is 5.95 Å². The number of carbonyl (C=O) groups is 1. The van der Waals surface area contributed by atoms with E-state index in [0.717, 1.165) is 30.9 Å². The maximum atomic E-state index is 12.7. The molecule has 8 nitrogen and oxygen atoms in total. The molecule has 2 heterocycles. The molecule has 8 heteroatoms. The Balaban J connectivity index is 1.57. The third-order valence-corrected chi connectivity index (χ3v) is 7.27. The van der Waals surface area contributed by atoms with Crippen LogP contribution in [0.15, 0.2) is 24.4 Å². The molecular weight excluding hydrogens is 454 g/mol. The molecule has 0 radical (unpaired) electrons. The van der Waals surface area contributed by atoms with Gasteiger partial charge in [0.25, 0.3) is 0 Å². The van der Waals surface area contributed by atoms with Crippen LogP contribution in [0.4, 0.5) is 23.1 Å². The van der Waals surface area contributed by atoms with Gasteiger partial charge in [0.1, 0.15) is 5.75 Å². The summed E-state index contributed by atoms with van der Waals surface area (Å²) in [5.41, 5.74) is 2.23. The lowest BCUT2D eigenvalue weighted by Crippen LogP contribution is -2.52. The molecule has 0 saturated heterocycles. The van der Waals surface area contributed by atoms with E-state index in [1.807, 2.05) is 19.2 Å². The van der Waals surface area contributed by atoms with Crippen molar-refractivity contribution in [1.82, 2.24) is 9.97 Å². The van der Waals surface area contributed by atoms with Gasteiger partial charge in [0, 0.05) is 25.7 Å². The summed E-state index contributed by atoms with van der Waals surface area (Å²) in [6, 6.07) is 6.24. The number of ether oxygens (including phenoxy) is 2. The minimum atomic E-state index is -0.348. The third-order valence-electron chi connectivity index (χ3n) is 7.27. The number of anilines is 4. The summed E-state index contributed by atoms with van der Waals surface area (Å²) in [5, 5.41) is 3.32. The molecule has 36 heavy (non-hydrogen) atoms. The maximum Gasteiger partial charge on any atom is 0.338 e. The van der Waals surface area contributed by atoms with Gasteiger partial charge >= 0.3 is 5.97 Å². The molecule has 0 spiro atoms. The number of esters is 1. The highest BCUT2D eigenvalue weighted by atomic mass is 16.5. The van der Waals surface area contributed by atoms with Gasteiger partial charge < -0.3 is 24.6 Å². The fourth-order valence-electron chi connectivity index (χ4n) is 5.55. The Morgan fingerprint density at radius 1 is 1.22 bits per heavy atom. The number of hydrogen-bond donors (Lipinski definition) is 1. The largest absolute Gasteiger partial charge is 0.495 e. The van der Waals surface area contributed by atoms with Crippen LogP contribution < -0.4 is 19.9 Å². The zero-order valence-electron chi connectivity index (χ0n) is 22.6. The summed E-state index contributed by atoms with van der Waals surface area (Å²) in [4.78, 5) is 27.1. The van der Waals surface area contributed by atoms with E-state index in [4.69, 9.17) is 14.5 Å². The molecule has 2 aromatic rings. The molecule has 1 saturated carbocycles. The van der Waals surface area contributed by atoms with Crippen LogP contribution in [0.1, 0.15) is 76.6 Å². The molecule has 1 N–H and O–H groups in total. The predicted molar refractivity (Wildman–Crippen MR) is 145 cm³/mol. The van der Waals surface area contributed by atoms with Gasteiger partial charge in [-0.25, -0.2) is 9.78 Å². The number of fused-ring (bicyclic) bond motifs is 1. The number of aromatic nitrogens is 2. The fraction of sp³-hybridized carbons (Fsp3) is 0.607. The minimum Gasteiger partial charge on any atom is -0.495 e. The smallest absolute Gasteiger partial charge is 0.338 e. The fourth-order valence-corrected chi connectivity index (χ4v) is 5.55. The van der Waals surface area contributed by atoms with Gasteiger partial charge in [-0.15, -0.1) is 0 Å². The normalized spacial score (nSPS) is 18.8. The van der Waals surface area contributed by atoms with Gasteiger partial charge in [-0.2, -0.15) is 4.98 Å². The van der Waals surface area contributed by atoms with E-state index < -0.39 is 0 Å². The molecule has 1 aliphatic heterocycles. The van der Waals surface area contributed by atoms with Gasteiger partial charge in [-0.3, -0.25) is 0 Å². The summed E-state index contributed by atoms with van der Waals surface area (Å²) in [6.07, 6.45) is 8.66. The van der Waals surface area contributed by atoms with Crippen molar-refractivity contribution in [3.63, 3.8) is 0 Å². The quantitative estimate of drug-likeness (QED) is 0.438. The van der Waals surface area contributed by atoms with E-state index in [-0.39, 0.29) is 12.1 Å². The van der Waals surface area contributed by atoms with Crippen molar-refractivity contribution in [2.24, 2.45) is 5.92 Å². The van der Waals surface area contributed by atoms with Crippen molar-refractivity contribution >= 4 is 29.1 Å². The van der Waals surface area contributed by atoms with Crippen LogP contribution in [0.3, 0.4) is 0 Å². The molecule has 4 rings (SSSR count). The monoisotopic (exact) mass is 495 g/mol. The predicted octanol–water partition coefficient (Wildman–Crippen LogP) is 5.80. The lowest BCUT2D eigenvalue weighted by molar-refractivity contribution is 0.0299. The highest BCUT2D eigenvalue weighted by molar-refractivity contribution is 5.91. The van der Waals surface area contributed by atoms with E-state index in [9.17, 15) is 4.79 Å². The average molecular weight is 496 g/mol. The number of hydrogen-bond acceptors (Lipinski definition) is 8. The van der Waals surface area contributed by atoms with E-state index in [1.165, 1.54) is 25.7 Å². The number of carbonyl (C=O) groups excluding carboxylic acids is 1. The van der Waals surface area contributed by atoms with Crippen molar-refractivity contribution in [2.45, 2.75) is 84.4 Å². The van der Waals surface area contributed by atoms with E-state index >= 15 is 0 Å². The summed E-state index contributed by atoms with van der Waals surface area (Å²) >= 11 is 0. The highest BCUT2D eigenvalue weighted by Gasteiger charge is 2.36. The lowest BCUT2D eigenvalue weighted by atomic mass is 10.0. The Kier molecular flexibility index (Phi) is 8.21. The van der Waals surface area contributed by atoms with Gasteiger partial charge in [0.15, 0.2) is 5.82 Å². The van der Waals surface area contributed by atoms with Crippen LogP contribution in [0.2, 0.25) is 0 Å². The van der Waals surface area contributed by atoms with Crippen LogP contribution in [0, 0.1) is 5.92 Å². The molecule has 1 unspecified atom stereocenters. The number of rotatable bonds is 9. The van der Waals surface area contributed by atoms with E-state index in [0.29, 0.717) is 41.0 Å². The number of likely N-dealkylation sites (N-methyl/N-ethyl adjacent to an activating group) is 1. The standard InChI is InChI=1S/C28H41N5O3/c1-7-21-17-32(5)24-16-29-28(31-26(24)33(21)22-10-8-9-11-22)30-23-13-12-20(15-25(23)35-6)27(34)36-19(4)14-18(2)3/h12-13,15-16,18-19,21-22H,7-11,14,17H2,1-6H3,(H,29,30,31)/t19?,21-/m1/s1. The Hall–Kier alpha value is -3.03. The SMILES string of the molecule is CC[C@@H]1CN(C)c2cnc(Nc3ccc(C(=O)OC(C)CC(C)C)cc3OC)nc2N1C1CCCC1. The molecule has 1 aliphatic carbocycles. The van der Waals surface area contributed by atoms with Gasteiger partial charge in [0.05, 0.1) is 36.3 Å². The summed E-state index contributed by atoms with van der Waals surface area (Å²) in [7, 11) is 3.71. The maximum absolute atomic E-state index is 12.7. The Labute approximate surface area is 215 Å². The average Bonchev–Trinajstić information content (AvgIpc) is 3.37. The Morgan fingerprint density at radius 2 is 1.97 bits per heavy atom. The van der Waals surface area contributed by atoms with E-state index in [1.54, 1.807) is 19.2 Å². The number of nitrogens with one attached hydrogen (secondary N) is 1. The summed E-state index contributed by atoms with van der Waals surface area (Å²) in [5.74, 6) is 2.17. The molecule has 0 bridgehead atoms. The van der Waals surface area contributed by atoms with Crippen molar-refractivity contribution < 1.29 is 14.3 Å². The van der Waals surface area contributed by atoms with Crippen LogP contribution in [-0.2, 0) is 4.74 Å². The highest BCUT2D eigenvalue weighted by Crippen LogP contribution is 2.40. The first-order valence-electron chi connectivity index (χ1n) is 13.3. The van der Waals surface area contributed by atoms with Crippen LogP contribution in [-0.4, -0.2) is 54.8 Å². The Morgan fingerprint density at radius 3 is 2.64 bits per heavy atom. The van der Waals surface area contributed by atoms with Crippen molar-refractivity contribution in [3.8, 4) is 5.75 Å². The molecule has 1 aromatic heterocycles. The van der Waals surface area contributed by atoms with Crippen LogP contribution in [0.25, 0.3) is 0 Å². The first kappa shape index (κ1) is 26.0. The minimum absolute atomic E-state index is 0.141. The zero-order valence-corrected chi connectivity index (χ0v) is 22.6. The molecule has 0 amide bonds. The van der Waals surface area contributed by atoms with Crippen LogP contribution >= 0.6 is 0 Å². The second-order valence-electron chi connectivity index (χ2n) is 10.6. The Bertz CT molecular complexity index is 1050. The lowest BCUT2D eigenvalue weighted by Gasteiger charge is -2.45. The number of nitrogens with zero attached hydrogens (tertiary/aromatic N) is 4. The summed E-state index contributed by atoms with van der Waals surface area (Å²) < 4.78 is 11.2. The molecule has 196 valence electrons. The molecular formula is C28H41N5O3. The molecule has 2 aliphatic rings. The van der Waals surface area contributed by atoms with E-state index in [2.05, 4.69) is 47.9 Å². The van der Waals surface area contributed by atoms with Crippen molar-refractivity contribution in [1.29, 1.82) is 0 Å². The topological polar surface area (TPSA) is 79.8 Å². The van der Waals surface area contributed by atoms with Crippen molar-refractivity contribution in [3.05, 3.63) is 30.0 Å². The molecule has 1 fully saturated rings. The van der Waals surface area contributed by atoms with Crippen LogP contribution in [0.5, 0.6) is 5.75 Å². The van der Waals surface area contributed by atoms with Gasteiger partial charge in [-0.1, -0.05) is 33.6 Å². The molecule has 2 atom stereocenters. The first-order chi connectivity index (χ1) is 17.3. The first-order valence-corrected chi connectivity index (χ1v) is 13.3. The van der Waals surface area contributed by atoms with Gasteiger partial charge in [-0.05, 0) is 56.7 Å².